The summed E-state index contributed by atoms with van der Waals surface area (Å²) in [5.74, 6) is -6.54. The van der Waals surface area contributed by atoms with E-state index in [1.165, 1.54) is 0 Å². The average Bonchev–Trinajstić information content (AvgIpc) is 2.17. The van der Waals surface area contributed by atoms with E-state index in [4.69, 9.17) is 0 Å². The first-order valence-electron chi connectivity index (χ1n) is 3.97. The van der Waals surface area contributed by atoms with Crippen LogP contribution in [0.3, 0.4) is 0 Å². The molecule has 0 saturated heterocycles. The summed E-state index contributed by atoms with van der Waals surface area (Å²) < 4.78 is 76.0. The number of nitro benzene ring substituents is 1. The smallest absolute Gasteiger partial charge is 0.258 e. The van der Waals surface area contributed by atoms with E-state index >= 15 is 0 Å². The third-order valence-corrected chi connectivity index (χ3v) is 1.98. The lowest BCUT2D eigenvalue weighted by Gasteiger charge is -2.11. The molecule has 1 rings (SSSR count). The predicted molar refractivity (Wildman–Crippen MR) is 42.7 cm³/mol. The molecule has 0 unspecified atom stereocenters. The Kier molecular flexibility index (Phi) is 3.04. The second-order valence-electron chi connectivity index (χ2n) is 3.05. The summed E-state index contributed by atoms with van der Waals surface area (Å²) in [7, 11) is 0. The Hall–Kier alpha value is -1.80. The largest absolute Gasteiger partial charge is 0.425 e. The van der Waals surface area contributed by atoms with Gasteiger partial charge in [0.25, 0.3) is 0 Å². The normalized spacial score (nSPS) is 11.7. The maximum Gasteiger partial charge on any atom is 0.425 e. The van der Waals surface area contributed by atoms with Crippen molar-refractivity contribution in [2.75, 3.05) is 0 Å². The van der Waals surface area contributed by atoms with Gasteiger partial charge in [-0.05, 0) is 6.92 Å². The summed E-state index contributed by atoms with van der Waals surface area (Å²) in [5.41, 5.74) is -5.93. The number of hydrogen-bond donors (Lipinski definition) is 0. The second kappa shape index (κ2) is 3.90. The average molecular weight is 259 g/mol. The molecule has 0 radical (unpaired) electrons. The molecule has 0 heterocycles. The van der Waals surface area contributed by atoms with Crippen molar-refractivity contribution in [1.29, 1.82) is 0 Å². The van der Waals surface area contributed by atoms with Gasteiger partial charge < -0.3 is 0 Å². The van der Waals surface area contributed by atoms with Crippen molar-refractivity contribution in [3.05, 3.63) is 38.7 Å². The van der Waals surface area contributed by atoms with Gasteiger partial charge in [-0.1, -0.05) is 0 Å². The van der Waals surface area contributed by atoms with Crippen molar-refractivity contribution in [3.63, 3.8) is 0 Å². The van der Waals surface area contributed by atoms with Crippen LogP contribution in [0.25, 0.3) is 0 Å². The van der Waals surface area contributed by atoms with E-state index in [0.29, 0.717) is 6.92 Å². The van der Waals surface area contributed by atoms with Crippen LogP contribution in [-0.4, -0.2) is 4.92 Å². The molecule has 0 amide bonds. The molecular formula is C8H3F6NO2. The Balaban J connectivity index is 3.86. The van der Waals surface area contributed by atoms with Gasteiger partial charge in [0, 0.05) is 5.56 Å². The maximum absolute atomic E-state index is 13.1. The second-order valence-corrected chi connectivity index (χ2v) is 3.05. The first kappa shape index (κ1) is 13.3. The quantitative estimate of drug-likeness (QED) is 0.336. The number of hydrogen-bond acceptors (Lipinski definition) is 2. The molecule has 1 aromatic rings. The molecule has 0 aliphatic heterocycles. The summed E-state index contributed by atoms with van der Waals surface area (Å²) in [6, 6.07) is 0. The Labute approximate surface area is 89.8 Å². The predicted octanol–water partition coefficient (Wildman–Crippen LogP) is 3.34. The van der Waals surface area contributed by atoms with Gasteiger partial charge in [-0.25, -0.2) is 8.78 Å². The zero-order chi connectivity index (χ0) is 13.5. The van der Waals surface area contributed by atoms with Gasteiger partial charge in [-0.2, -0.15) is 17.6 Å². The van der Waals surface area contributed by atoms with Crippen LogP contribution in [0.4, 0.5) is 32.0 Å². The number of halogens is 6. The third-order valence-electron chi connectivity index (χ3n) is 1.98. The Morgan fingerprint density at radius 3 is 1.88 bits per heavy atom. The first-order chi connectivity index (χ1) is 7.59. The van der Waals surface area contributed by atoms with E-state index < -0.39 is 45.4 Å². The highest BCUT2D eigenvalue weighted by Gasteiger charge is 2.46. The lowest BCUT2D eigenvalue weighted by molar-refractivity contribution is -0.391. The van der Waals surface area contributed by atoms with E-state index in [1.807, 2.05) is 0 Å². The molecule has 0 bridgehead atoms. The minimum Gasteiger partial charge on any atom is -0.258 e. The van der Waals surface area contributed by atoms with Gasteiger partial charge in [0.1, 0.15) is 5.82 Å². The Bertz CT molecular complexity index is 496. The zero-order valence-electron chi connectivity index (χ0n) is 8.03. The van der Waals surface area contributed by atoms with Crippen molar-refractivity contribution in [1.82, 2.24) is 0 Å². The Morgan fingerprint density at radius 2 is 1.53 bits per heavy atom. The summed E-state index contributed by atoms with van der Waals surface area (Å²) in [6.07, 6.45) is -5.49. The van der Waals surface area contributed by atoms with Crippen molar-refractivity contribution in [2.45, 2.75) is 13.1 Å². The number of rotatable bonds is 1. The van der Waals surface area contributed by atoms with E-state index in [-0.39, 0.29) is 0 Å². The topological polar surface area (TPSA) is 43.1 Å². The fraction of sp³-hybridized carbons (Fsp3) is 0.250. The fourth-order valence-corrected chi connectivity index (χ4v) is 1.20. The lowest BCUT2D eigenvalue weighted by Crippen LogP contribution is -2.16. The van der Waals surface area contributed by atoms with Crippen molar-refractivity contribution >= 4 is 5.69 Å². The molecule has 0 aliphatic carbocycles. The highest BCUT2D eigenvalue weighted by Crippen LogP contribution is 2.41. The van der Waals surface area contributed by atoms with E-state index in [1.54, 1.807) is 0 Å². The monoisotopic (exact) mass is 259 g/mol. The van der Waals surface area contributed by atoms with Gasteiger partial charge in [0.15, 0.2) is 11.4 Å². The van der Waals surface area contributed by atoms with Crippen LogP contribution in [0.2, 0.25) is 0 Å². The number of alkyl halides is 3. The molecular weight excluding hydrogens is 256 g/mol. The molecule has 94 valence electrons. The summed E-state index contributed by atoms with van der Waals surface area (Å²) in [6.45, 7) is 0.548. The summed E-state index contributed by atoms with van der Waals surface area (Å²) in [5, 5.41) is 10.2. The van der Waals surface area contributed by atoms with Crippen LogP contribution in [0.15, 0.2) is 0 Å². The Morgan fingerprint density at radius 1 is 1.06 bits per heavy atom. The molecule has 17 heavy (non-hydrogen) atoms. The zero-order valence-corrected chi connectivity index (χ0v) is 8.03. The van der Waals surface area contributed by atoms with Crippen LogP contribution < -0.4 is 0 Å². The van der Waals surface area contributed by atoms with Crippen molar-refractivity contribution in [2.24, 2.45) is 0 Å². The van der Waals surface area contributed by atoms with E-state index in [0.717, 1.165) is 0 Å². The molecule has 1 aromatic carbocycles. The maximum atomic E-state index is 13.1. The highest BCUT2D eigenvalue weighted by atomic mass is 19.4. The highest BCUT2D eigenvalue weighted by molar-refractivity contribution is 5.48. The molecule has 0 N–H and O–H groups in total. The van der Waals surface area contributed by atoms with Gasteiger partial charge in [-0.3, -0.25) is 10.1 Å². The molecule has 0 spiro atoms. The minimum absolute atomic E-state index is 0.548. The van der Waals surface area contributed by atoms with Crippen LogP contribution in [0.5, 0.6) is 0 Å². The van der Waals surface area contributed by atoms with Crippen LogP contribution in [0.1, 0.15) is 11.1 Å². The standard InChI is InChI=1S/C8H3F6NO2/c1-2-4(9)3(8(12,13)14)7(15(16)17)6(11)5(2)10/h1H3. The van der Waals surface area contributed by atoms with Crippen LogP contribution in [-0.2, 0) is 6.18 Å². The SMILES string of the molecule is Cc1c(F)c(F)c([N+](=O)[O-])c(C(F)(F)F)c1F. The molecule has 0 fully saturated rings. The first-order valence-corrected chi connectivity index (χ1v) is 3.97. The minimum atomic E-state index is -5.49. The fourth-order valence-electron chi connectivity index (χ4n) is 1.20. The molecule has 0 atom stereocenters. The number of nitro groups is 1. The van der Waals surface area contributed by atoms with Gasteiger partial charge in [-0.15, -0.1) is 0 Å². The summed E-state index contributed by atoms with van der Waals surface area (Å²) in [4.78, 5) is 8.42. The molecule has 0 saturated carbocycles. The van der Waals surface area contributed by atoms with Crippen LogP contribution >= 0.6 is 0 Å². The molecule has 9 heteroatoms. The van der Waals surface area contributed by atoms with Crippen molar-refractivity contribution < 1.29 is 31.3 Å². The molecule has 0 aromatic heterocycles. The summed E-state index contributed by atoms with van der Waals surface area (Å²) >= 11 is 0. The van der Waals surface area contributed by atoms with Crippen molar-refractivity contribution in [3.8, 4) is 0 Å². The van der Waals surface area contributed by atoms with Crippen LogP contribution in [0, 0.1) is 34.5 Å². The van der Waals surface area contributed by atoms with Gasteiger partial charge in [0.05, 0.1) is 4.92 Å². The molecule has 3 nitrogen and oxygen atoms in total. The third kappa shape index (κ3) is 2.04. The van der Waals surface area contributed by atoms with E-state index in [2.05, 4.69) is 0 Å². The lowest BCUT2D eigenvalue weighted by atomic mass is 10.1. The van der Waals surface area contributed by atoms with Gasteiger partial charge >= 0.3 is 11.9 Å². The van der Waals surface area contributed by atoms with Gasteiger partial charge in [0.2, 0.25) is 5.82 Å². The number of nitrogens with zero attached hydrogens (tertiary/aromatic N) is 1. The molecule has 0 aliphatic rings. The number of benzene rings is 1. The van der Waals surface area contributed by atoms with E-state index in [9.17, 15) is 36.5 Å².